The summed E-state index contributed by atoms with van der Waals surface area (Å²) in [5, 5.41) is 3.23. The first-order valence-electron chi connectivity index (χ1n) is 8.36. The molecule has 1 aliphatic carbocycles. The minimum absolute atomic E-state index is 0.0275. The molecule has 3 heteroatoms. The normalized spacial score (nSPS) is 23.9. The van der Waals surface area contributed by atoms with Crippen molar-refractivity contribution < 1.29 is 9.53 Å². The SMILES string of the molecule is O=C(NCC1(c2ccccc2)CCOCC1)[C@@H]1CC=CCC1. The van der Waals surface area contributed by atoms with Crippen molar-refractivity contribution in [1.29, 1.82) is 0 Å². The van der Waals surface area contributed by atoms with Crippen molar-refractivity contribution in [3.05, 3.63) is 48.0 Å². The molecule has 0 radical (unpaired) electrons. The van der Waals surface area contributed by atoms with Gasteiger partial charge in [0.1, 0.15) is 0 Å². The van der Waals surface area contributed by atoms with E-state index in [0.717, 1.165) is 51.9 Å². The van der Waals surface area contributed by atoms with E-state index >= 15 is 0 Å². The van der Waals surface area contributed by atoms with Crippen LogP contribution in [0, 0.1) is 5.92 Å². The first kappa shape index (κ1) is 15.3. The van der Waals surface area contributed by atoms with E-state index in [1.807, 2.05) is 6.07 Å². The second-order valence-corrected chi connectivity index (χ2v) is 6.46. The summed E-state index contributed by atoms with van der Waals surface area (Å²) < 4.78 is 5.55. The van der Waals surface area contributed by atoms with Crippen LogP contribution in [0.4, 0.5) is 0 Å². The number of amides is 1. The van der Waals surface area contributed by atoms with Gasteiger partial charge in [-0.1, -0.05) is 42.5 Å². The van der Waals surface area contributed by atoms with Gasteiger partial charge in [0.05, 0.1) is 0 Å². The van der Waals surface area contributed by atoms with Crippen molar-refractivity contribution in [3.63, 3.8) is 0 Å². The van der Waals surface area contributed by atoms with Crippen LogP contribution in [0.5, 0.6) is 0 Å². The smallest absolute Gasteiger partial charge is 0.223 e. The van der Waals surface area contributed by atoms with Crippen molar-refractivity contribution in [2.45, 2.75) is 37.5 Å². The highest BCUT2D eigenvalue weighted by Gasteiger charge is 2.35. The van der Waals surface area contributed by atoms with Gasteiger partial charge >= 0.3 is 0 Å². The summed E-state index contributed by atoms with van der Waals surface area (Å²) in [6, 6.07) is 10.6. The summed E-state index contributed by atoms with van der Waals surface area (Å²) >= 11 is 0. The Bertz CT molecular complexity index is 517. The van der Waals surface area contributed by atoms with Gasteiger partial charge in [0.25, 0.3) is 0 Å². The molecule has 1 saturated heterocycles. The zero-order valence-corrected chi connectivity index (χ0v) is 13.1. The van der Waals surface area contributed by atoms with Crippen molar-refractivity contribution in [1.82, 2.24) is 5.32 Å². The van der Waals surface area contributed by atoms with E-state index in [-0.39, 0.29) is 17.2 Å². The summed E-state index contributed by atoms with van der Waals surface area (Å²) in [6.07, 6.45) is 9.14. The number of benzene rings is 1. The molecule has 1 amide bonds. The standard InChI is InChI=1S/C19H25NO2/c21-18(16-7-3-1-4-8-16)20-15-19(11-13-22-14-12-19)17-9-5-2-6-10-17/h1-3,5-6,9-10,16H,4,7-8,11-15H2,(H,20,21)/t16-/m1/s1. The highest BCUT2D eigenvalue weighted by molar-refractivity contribution is 5.79. The molecule has 0 bridgehead atoms. The number of ether oxygens (including phenoxy) is 1. The number of rotatable bonds is 4. The van der Waals surface area contributed by atoms with Gasteiger partial charge in [-0.25, -0.2) is 0 Å². The van der Waals surface area contributed by atoms with Crippen molar-refractivity contribution in [2.24, 2.45) is 5.92 Å². The maximum absolute atomic E-state index is 12.4. The Morgan fingerprint density at radius 2 is 1.95 bits per heavy atom. The molecule has 1 aliphatic heterocycles. The Balaban J connectivity index is 1.68. The van der Waals surface area contributed by atoms with Crippen LogP contribution in [0.2, 0.25) is 0 Å². The van der Waals surface area contributed by atoms with Crippen LogP contribution in [0.15, 0.2) is 42.5 Å². The molecule has 3 nitrogen and oxygen atoms in total. The van der Waals surface area contributed by atoms with Gasteiger partial charge < -0.3 is 10.1 Å². The molecule has 1 heterocycles. The zero-order valence-electron chi connectivity index (χ0n) is 13.1. The van der Waals surface area contributed by atoms with Crippen molar-refractivity contribution in [2.75, 3.05) is 19.8 Å². The van der Waals surface area contributed by atoms with E-state index < -0.39 is 0 Å². The highest BCUT2D eigenvalue weighted by Crippen LogP contribution is 2.34. The molecule has 1 aromatic carbocycles. The van der Waals surface area contributed by atoms with Gasteiger partial charge in [-0.2, -0.15) is 0 Å². The number of hydrogen-bond donors (Lipinski definition) is 1. The molecular formula is C19H25NO2. The third-order valence-corrected chi connectivity index (χ3v) is 5.08. The highest BCUT2D eigenvalue weighted by atomic mass is 16.5. The lowest BCUT2D eigenvalue weighted by molar-refractivity contribution is -0.125. The molecule has 0 unspecified atom stereocenters. The summed E-state index contributed by atoms with van der Waals surface area (Å²) in [7, 11) is 0. The van der Waals surface area contributed by atoms with Gasteiger partial charge in [-0.15, -0.1) is 0 Å². The molecule has 1 atom stereocenters. The molecule has 22 heavy (non-hydrogen) atoms. The number of carbonyl (C=O) groups excluding carboxylic acids is 1. The van der Waals surface area contributed by atoms with E-state index in [9.17, 15) is 4.79 Å². The molecule has 3 rings (SSSR count). The average molecular weight is 299 g/mol. The molecule has 118 valence electrons. The monoisotopic (exact) mass is 299 g/mol. The maximum Gasteiger partial charge on any atom is 0.223 e. The Morgan fingerprint density at radius 3 is 2.64 bits per heavy atom. The van der Waals surface area contributed by atoms with Crippen LogP contribution in [-0.2, 0) is 14.9 Å². The van der Waals surface area contributed by atoms with Crippen LogP contribution in [0.1, 0.15) is 37.7 Å². The molecular weight excluding hydrogens is 274 g/mol. The molecule has 0 spiro atoms. The third kappa shape index (κ3) is 3.41. The van der Waals surface area contributed by atoms with Crippen LogP contribution in [0.25, 0.3) is 0 Å². The Hall–Kier alpha value is -1.61. The summed E-state index contributed by atoms with van der Waals surface area (Å²) in [4.78, 5) is 12.4. The number of nitrogens with one attached hydrogen (secondary N) is 1. The summed E-state index contributed by atoms with van der Waals surface area (Å²) in [5.74, 6) is 0.365. The second-order valence-electron chi connectivity index (χ2n) is 6.46. The van der Waals surface area contributed by atoms with E-state index in [1.165, 1.54) is 5.56 Å². The van der Waals surface area contributed by atoms with Gasteiger partial charge in [-0.3, -0.25) is 4.79 Å². The molecule has 2 aliphatic rings. The van der Waals surface area contributed by atoms with E-state index in [0.29, 0.717) is 0 Å². The molecule has 1 aromatic rings. The average Bonchev–Trinajstić information content (AvgIpc) is 2.62. The fraction of sp³-hybridized carbons (Fsp3) is 0.526. The lowest BCUT2D eigenvalue weighted by Crippen LogP contribution is -2.46. The summed E-state index contributed by atoms with van der Waals surface area (Å²) in [6.45, 7) is 2.27. The van der Waals surface area contributed by atoms with Gasteiger partial charge in [0.2, 0.25) is 5.91 Å². The topological polar surface area (TPSA) is 38.3 Å². The fourth-order valence-electron chi connectivity index (χ4n) is 3.55. The van der Waals surface area contributed by atoms with Crippen LogP contribution >= 0.6 is 0 Å². The third-order valence-electron chi connectivity index (χ3n) is 5.08. The Morgan fingerprint density at radius 1 is 1.18 bits per heavy atom. The molecule has 0 saturated carbocycles. The Kier molecular flexibility index (Phi) is 4.94. The van der Waals surface area contributed by atoms with E-state index in [2.05, 4.69) is 41.7 Å². The first-order chi connectivity index (χ1) is 10.8. The lowest BCUT2D eigenvalue weighted by Gasteiger charge is -2.38. The first-order valence-corrected chi connectivity index (χ1v) is 8.36. The van der Waals surface area contributed by atoms with Gasteiger partial charge in [0, 0.05) is 31.1 Å². The predicted octanol–water partition coefficient (Wildman–Crippen LogP) is 3.21. The second kappa shape index (κ2) is 7.10. The maximum atomic E-state index is 12.4. The zero-order chi connectivity index (χ0) is 15.3. The molecule has 1 N–H and O–H groups in total. The Labute approximate surface area is 132 Å². The van der Waals surface area contributed by atoms with Crippen LogP contribution in [0.3, 0.4) is 0 Å². The van der Waals surface area contributed by atoms with Gasteiger partial charge in [-0.05, 0) is 37.7 Å². The van der Waals surface area contributed by atoms with Gasteiger partial charge in [0.15, 0.2) is 0 Å². The van der Waals surface area contributed by atoms with Crippen molar-refractivity contribution >= 4 is 5.91 Å². The minimum Gasteiger partial charge on any atom is -0.381 e. The fourth-order valence-corrected chi connectivity index (χ4v) is 3.55. The van der Waals surface area contributed by atoms with Crippen molar-refractivity contribution in [3.8, 4) is 0 Å². The quantitative estimate of drug-likeness (QED) is 0.867. The number of hydrogen-bond acceptors (Lipinski definition) is 2. The minimum atomic E-state index is 0.0275. The van der Waals surface area contributed by atoms with E-state index in [1.54, 1.807) is 0 Å². The van der Waals surface area contributed by atoms with Crippen LogP contribution in [-0.4, -0.2) is 25.7 Å². The largest absolute Gasteiger partial charge is 0.381 e. The predicted molar refractivity (Wildman–Crippen MR) is 87.7 cm³/mol. The van der Waals surface area contributed by atoms with Crippen LogP contribution < -0.4 is 5.32 Å². The molecule has 1 fully saturated rings. The number of allylic oxidation sites excluding steroid dienone is 2. The summed E-state index contributed by atoms with van der Waals surface area (Å²) in [5.41, 5.74) is 1.35. The lowest BCUT2D eigenvalue weighted by atomic mass is 9.74. The molecule has 0 aromatic heterocycles. The van der Waals surface area contributed by atoms with E-state index in [4.69, 9.17) is 4.74 Å². The number of carbonyl (C=O) groups is 1.